The van der Waals surface area contributed by atoms with Gasteiger partial charge in [-0.3, -0.25) is 0 Å². The summed E-state index contributed by atoms with van der Waals surface area (Å²) in [6.45, 7) is 3.76. The van der Waals surface area contributed by atoms with Crippen molar-refractivity contribution in [3.8, 4) is 0 Å². The molecule has 1 aromatic rings. The number of allylic oxidation sites excluding steroid dienone is 1. The summed E-state index contributed by atoms with van der Waals surface area (Å²) in [7, 11) is 0. The van der Waals surface area contributed by atoms with Gasteiger partial charge in [-0.1, -0.05) is 19.1 Å². The molecule has 0 aromatic heterocycles. The van der Waals surface area contributed by atoms with Crippen molar-refractivity contribution >= 4 is 0 Å². The van der Waals surface area contributed by atoms with Crippen molar-refractivity contribution in [2.45, 2.75) is 32.2 Å². The lowest BCUT2D eigenvalue weighted by Gasteiger charge is -2.25. The van der Waals surface area contributed by atoms with Gasteiger partial charge in [0, 0.05) is 0 Å². The zero-order chi connectivity index (χ0) is 12.8. The molecule has 3 heteroatoms. The molecule has 0 amide bonds. The molecule has 1 heterocycles. The maximum Gasteiger partial charge on any atom is 0.123 e. The van der Waals surface area contributed by atoms with Gasteiger partial charge in [-0.2, -0.15) is 0 Å². The maximum atomic E-state index is 13.3. The smallest absolute Gasteiger partial charge is 0.123 e. The minimum atomic E-state index is -0.202. The molecule has 1 atom stereocenters. The van der Waals surface area contributed by atoms with Crippen LogP contribution in [0.4, 0.5) is 4.39 Å². The Kier molecular flexibility index (Phi) is 4.76. The van der Waals surface area contributed by atoms with E-state index in [1.54, 1.807) is 12.1 Å². The van der Waals surface area contributed by atoms with Crippen LogP contribution in [0.5, 0.6) is 0 Å². The SMILES string of the molecule is CCCNC(C1=CCCCO1)c1cccc(F)c1. The number of ether oxygens (including phenoxy) is 1. The van der Waals surface area contributed by atoms with Crippen molar-refractivity contribution in [1.29, 1.82) is 0 Å². The fourth-order valence-electron chi connectivity index (χ4n) is 2.14. The average molecular weight is 249 g/mol. The van der Waals surface area contributed by atoms with E-state index in [0.29, 0.717) is 0 Å². The third kappa shape index (κ3) is 3.33. The Morgan fingerprint density at radius 2 is 2.33 bits per heavy atom. The second kappa shape index (κ2) is 6.55. The summed E-state index contributed by atoms with van der Waals surface area (Å²) in [5.74, 6) is 0.729. The van der Waals surface area contributed by atoms with E-state index in [1.807, 2.05) is 6.07 Å². The van der Waals surface area contributed by atoms with Gasteiger partial charge >= 0.3 is 0 Å². The summed E-state index contributed by atoms with van der Waals surface area (Å²) < 4.78 is 19.0. The molecule has 1 unspecified atom stereocenters. The molecular formula is C15H20FNO. The highest BCUT2D eigenvalue weighted by atomic mass is 19.1. The topological polar surface area (TPSA) is 21.3 Å². The van der Waals surface area contributed by atoms with Gasteiger partial charge in [-0.15, -0.1) is 0 Å². The number of rotatable bonds is 5. The highest BCUT2D eigenvalue weighted by Gasteiger charge is 2.19. The van der Waals surface area contributed by atoms with Gasteiger partial charge in [-0.25, -0.2) is 4.39 Å². The van der Waals surface area contributed by atoms with Crippen LogP contribution in [-0.4, -0.2) is 13.2 Å². The summed E-state index contributed by atoms with van der Waals surface area (Å²) in [5, 5.41) is 3.42. The van der Waals surface area contributed by atoms with Crippen LogP contribution in [0.15, 0.2) is 36.1 Å². The molecule has 0 saturated heterocycles. The van der Waals surface area contributed by atoms with Gasteiger partial charge < -0.3 is 10.1 Å². The van der Waals surface area contributed by atoms with Crippen molar-refractivity contribution in [3.63, 3.8) is 0 Å². The normalized spacial score (nSPS) is 16.9. The predicted octanol–water partition coefficient (Wildman–Crippen LogP) is 3.56. The molecule has 0 fully saturated rings. The number of nitrogens with one attached hydrogen (secondary N) is 1. The minimum absolute atomic E-state index is 0.0269. The first-order chi connectivity index (χ1) is 8.81. The molecule has 0 saturated carbocycles. The summed E-state index contributed by atoms with van der Waals surface area (Å²) in [4.78, 5) is 0. The molecule has 2 rings (SSSR count). The van der Waals surface area contributed by atoms with E-state index >= 15 is 0 Å². The van der Waals surface area contributed by atoms with Crippen LogP contribution in [0.25, 0.3) is 0 Å². The van der Waals surface area contributed by atoms with Gasteiger partial charge in [0.25, 0.3) is 0 Å². The number of hydrogen-bond donors (Lipinski definition) is 1. The molecule has 0 aliphatic carbocycles. The lowest BCUT2D eigenvalue weighted by atomic mass is 10.0. The van der Waals surface area contributed by atoms with E-state index in [9.17, 15) is 4.39 Å². The van der Waals surface area contributed by atoms with Crippen molar-refractivity contribution in [2.24, 2.45) is 0 Å². The van der Waals surface area contributed by atoms with Crippen molar-refractivity contribution < 1.29 is 9.13 Å². The Labute approximate surface area is 108 Å². The third-order valence-corrected chi connectivity index (χ3v) is 3.03. The van der Waals surface area contributed by atoms with Crippen LogP contribution in [0.2, 0.25) is 0 Å². The molecule has 2 nitrogen and oxygen atoms in total. The van der Waals surface area contributed by atoms with Gasteiger partial charge in [0.05, 0.1) is 12.6 Å². The zero-order valence-electron chi connectivity index (χ0n) is 10.8. The Morgan fingerprint density at radius 3 is 3.00 bits per heavy atom. The van der Waals surface area contributed by atoms with Crippen LogP contribution in [0.1, 0.15) is 37.8 Å². The molecule has 1 aliphatic heterocycles. The summed E-state index contributed by atoms with van der Waals surface area (Å²) in [5.41, 5.74) is 0.927. The minimum Gasteiger partial charge on any atom is -0.496 e. The molecule has 0 spiro atoms. The standard InChI is InChI=1S/C15H20FNO/c1-2-9-17-15(14-8-3-4-10-18-14)12-6-5-7-13(16)11-12/h5-8,11,15,17H,2-4,9-10H2,1H3. The van der Waals surface area contributed by atoms with Crippen LogP contribution in [-0.2, 0) is 4.74 Å². The first-order valence-electron chi connectivity index (χ1n) is 6.63. The number of benzene rings is 1. The zero-order valence-corrected chi connectivity index (χ0v) is 10.8. The molecule has 98 valence electrons. The van der Waals surface area contributed by atoms with E-state index in [4.69, 9.17) is 4.74 Å². The highest BCUT2D eigenvalue weighted by molar-refractivity contribution is 5.27. The molecule has 1 aromatic carbocycles. The largest absolute Gasteiger partial charge is 0.496 e. The highest BCUT2D eigenvalue weighted by Crippen LogP contribution is 2.26. The molecule has 0 radical (unpaired) electrons. The monoisotopic (exact) mass is 249 g/mol. The van der Waals surface area contributed by atoms with Crippen molar-refractivity contribution in [1.82, 2.24) is 5.32 Å². The second-order valence-corrected chi connectivity index (χ2v) is 4.54. The first kappa shape index (κ1) is 13.1. The molecule has 0 bridgehead atoms. The van der Waals surface area contributed by atoms with Gasteiger partial charge in [0.2, 0.25) is 0 Å². The fraction of sp³-hybridized carbons (Fsp3) is 0.467. The Bertz CT molecular complexity index is 417. The lowest BCUT2D eigenvalue weighted by molar-refractivity contribution is 0.167. The summed E-state index contributed by atoms with van der Waals surface area (Å²) >= 11 is 0. The van der Waals surface area contributed by atoms with Crippen molar-refractivity contribution in [2.75, 3.05) is 13.2 Å². The first-order valence-corrected chi connectivity index (χ1v) is 6.63. The van der Waals surface area contributed by atoms with Crippen LogP contribution in [0, 0.1) is 5.82 Å². The number of halogens is 1. The van der Waals surface area contributed by atoms with Gasteiger partial charge in [-0.05, 0) is 49.6 Å². The van der Waals surface area contributed by atoms with Crippen LogP contribution in [0.3, 0.4) is 0 Å². The number of hydrogen-bond acceptors (Lipinski definition) is 2. The quantitative estimate of drug-likeness (QED) is 0.861. The average Bonchev–Trinajstić information content (AvgIpc) is 2.40. The van der Waals surface area contributed by atoms with E-state index < -0.39 is 0 Å². The molecule has 1 N–H and O–H groups in total. The molecule has 1 aliphatic rings. The Hall–Kier alpha value is -1.35. The van der Waals surface area contributed by atoms with E-state index in [1.165, 1.54) is 6.07 Å². The van der Waals surface area contributed by atoms with Crippen LogP contribution < -0.4 is 5.32 Å². The van der Waals surface area contributed by atoms with Gasteiger partial charge in [0.15, 0.2) is 0 Å². The summed E-state index contributed by atoms with van der Waals surface area (Å²) in [6.07, 6.45) is 5.25. The maximum absolute atomic E-state index is 13.3. The van der Waals surface area contributed by atoms with Gasteiger partial charge in [0.1, 0.15) is 11.6 Å². The van der Waals surface area contributed by atoms with E-state index in [0.717, 1.165) is 43.7 Å². The molecule has 18 heavy (non-hydrogen) atoms. The Morgan fingerprint density at radius 1 is 1.44 bits per heavy atom. The summed E-state index contributed by atoms with van der Waals surface area (Å²) in [6, 6.07) is 6.70. The van der Waals surface area contributed by atoms with Crippen LogP contribution >= 0.6 is 0 Å². The Balaban J connectivity index is 2.21. The second-order valence-electron chi connectivity index (χ2n) is 4.54. The fourth-order valence-corrected chi connectivity index (χ4v) is 2.14. The van der Waals surface area contributed by atoms with E-state index in [-0.39, 0.29) is 11.9 Å². The van der Waals surface area contributed by atoms with Crippen molar-refractivity contribution in [3.05, 3.63) is 47.5 Å². The lowest BCUT2D eigenvalue weighted by Crippen LogP contribution is -2.26. The van der Waals surface area contributed by atoms with E-state index in [2.05, 4.69) is 18.3 Å². The third-order valence-electron chi connectivity index (χ3n) is 3.03. The predicted molar refractivity (Wildman–Crippen MR) is 70.7 cm³/mol. The molecular weight excluding hydrogens is 229 g/mol.